The summed E-state index contributed by atoms with van der Waals surface area (Å²) >= 11 is 0. The number of hydrogen-bond acceptors (Lipinski definition) is 1. The van der Waals surface area contributed by atoms with E-state index in [2.05, 4.69) is 0 Å². The summed E-state index contributed by atoms with van der Waals surface area (Å²) < 4.78 is 0. The van der Waals surface area contributed by atoms with Crippen LogP contribution in [0.25, 0.3) is 0 Å². The van der Waals surface area contributed by atoms with Gasteiger partial charge in [0.1, 0.15) is 0 Å². The Bertz CT molecular complexity index is 80.5. The van der Waals surface area contributed by atoms with E-state index >= 15 is 0 Å². The van der Waals surface area contributed by atoms with Crippen molar-refractivity contribution in [3.8, 4) is 0 Å². The third-order valence-corrected chi connectivity index (χ3v) is 0.667. The summed E-state index contributed by atoms with van der Waals surface area (Å²) in [5.41, 5.74) is 0. The normalized spacial score (nSPS) is 6.00. The van der Waals surface area contributed by atoms with Crippen LogP contribution in [-0.4, -0.2) is 8.41 Å². The summed E-state index contributed by atoms with van der Waals surface area (Å²) in [4.78, 5) is 0. The van der Waals surface area contributed by atoms with E-state index in [-0.39, 0.29) is 14.6 Å². The van der Waals surface area contributed by atoms with Crippen LogP contribution in [0.15, 0.2) is 36.4 Å². The molecule has 0 heterocycles. The van der Waals surface area contributed by atoms with Crippen molar-refractivity contribution in [2.24, 2.45) is 0 Å². The van der Waals surface area contributed by atoms with E-state index in [4.69, 9.17) is 0 Å². The first kappa shape index (κ1) is 10.3. The Labute approximate surface area is 51.9 Å². The minimum absolute atomic E-state index is 0. The van der Waals surface area contributed by atoms with Crippen molar-refractivity contribution in [3.05, 3.63) is 36.4 Å². The second-order valence-corrected chi connectivity index (χ2v) is 1.15. The molecule has 0 aliphatic rings. The van der Waals surface area contributed by atoms with Crippen molar-refractivity contribution >= 4 is 8.41 Å². The second kappa shape index (κ2) is 6.24. The van der Waals surface area contributed by atoms with Crippen LogP contribution in [0.4, 0.5) is 0 Å². The third kappa shape index (κ3) is 3.44. The van der Waals surface area contributed by atoms with Crippen LogP contribution in [0.1, 0.15) is 0 Å². The predicted molar refractivity (Wildman–Crippen MR) is 37.2 cm³/mol. The van der Waals surface area contributed by atoms with Crippen molar-refractivity contribution in [1.82, 2.24) is 6.15 Å². The van der Waals surface area contributed by atoms with Crippen LogP contribution >= 0.6 is 0 Å². The average Bonchev–Trinajstić information content (AvgIpc) is 1.72. The number of hydrogen-bond donors (Lipinski definition) is 1. The zero-order valence-corrected chi connectivity index (χ0v) is 4.75. The molecule has 1 aromatic rings. The van der Waals surface area contributed by atoms with Crippen LogP contribution in [-0.2, 0) is 0 Å². The molecule has 0 aliphatic carbocycles. The fourth-order valence-electron chi connectivity index (χ4n) is 0.385. The third-order valence-electron chi connectivity index (χ3n) is 0.667. The molecule has 0 amide bonds. The molecule has 0 saturated heterocycles. The Balaban J connectivity index is 0. The minimum atomic E-state index is 0. The van der Waals surface area contributed by atoms with Gasteiger partial charge in [0.05, 0.1) is 0 Å². The largest absolute Gasteiger partial charge is 0.344 e. The van der Waals surface area contributed by atoms with Gasteiger partial charge in [-0.15, -0.1) is 0 Å². The van der Waals surface area contributed by atoms with Crippen LogP contribution in [0.3, 0.4) is 0 Å². The van der Waals surface area contributed by atoms with Crippen LogP contribution < -0.4 is 6.15 Å². The summed E-state index contributed by atoms with van der Waals surface area (Å²) in [6.07, 6.45) is 0. The summed E-state index contributed by atoms with van der Waals surface area (Å²) in [5.74, 6) is 0. The van der Waals surface area contributed by atoms with Gasteiger partial charge in [-0.3, -0.25) is 0 Å². The van der Waals surface area contributed by atoms with E-state index in [1.54, 1.807) is 0 Å². The Morgan fingerprint density at radius 3 is 0.750 bits per heavy atom. The first-order valence-corrected chi connectivity index (χ1v) is 2.00. The molecule has 0 spiro atoms. The van der Waals surface area contributed by atoms with Gasteiger partial charge in [0.2, 0.25) is 0 Å². The molecule has 0 bridgehead atoms. The maximum atomic E-state index is 2.00. The lowest BCUT2D eigenvalue weighted by atomic mass is 10.4. The van der Waals surface area contributed by atoms with Crippen LogP contribution in [0.5, 0.6) is 0 Å². The smallest absolute Gasteiger partial charge is 0 e. The van der Waals surface area contributed by atoms with E-state index in [1.165, 1.54) is 0 Å². The molecule has 1 nitrogen and oxygen atoms in total. The van der Waals surface area contributed by atoms with E-state index in [9.17, 15) is 0 Å². The van der Waals surface area contributed by atoms with Crippen LogP contribution in [0, 0.1) is 0 Å². The summed E-state index contributed by atoms with van der Waals surface area (Å²) in [6.45, 7) is 0. The summed E-state index contributed by atoms with van der Waals surface area (Å²) in [6, 6.07) is 12.0. The lowest BCUT2D eigenvalue weighted by Gasteiger charge is -1.69. The first-order chi connectivity index (χ1) is 3.00. The van der Waals surface area contributed by atoms with Crippen LogP contribution in [0.2, 0.25) is 0 Å². The van der Waals surface area contributed by atoms with E-state index in [1.807, 2.05) is 36.4 Å². The number of rotatable bonds is 0. The predicted octanol–water partition coefficient (Wildman–Crippen LogP) is 1.47. The van der Waals surface area contributed by atoms with Crippen molar-refractivity contribution in [1.29, 1.82) is 0 Å². The van der Waals surface area contributed by atoms with Gasteiger partial charge in [0, 0.05) is 8.41 Å². The monoisotopic (exact) mass is 106 g/mol. The Kier molecular flexibility index (Phi) is 8.02. The van der Waals surface area contributed by atoms with E-state index in [0.717, 1.165) is 0 Å². The van der Waals surface area contributed by atoms with Crippen molar-refractivity contribution in [2.45, 2.75) is 0 Å². The second-order valence-electron chi connectivity index (χ2n) is 1.15. The molecule has 0 atom stereocenters. The maximum absolute atomic E-state index is 2.00. The molecule has 0 aliphatic heterocycles. The molecular weight excluding hydrogens is 96.9 g/mol. The van der Waals surface area contributed by atoms with Crippen molar-refractivity contribution in [2.75, 3.05) is 0 Å². The molecule has 0 aromatic heterocycles. The first-order valence-electron chi connectivity index (χ1n) is 2.00. The topological polar surface area (TPSA) is 35.0 Å². The van der Waals surface area contributed by atoms with E-state index < -0.39 is 0 Å². The van der Waals surface area contributed by atoms with Crippen molar-refractivity contribution < 1.29 is 0 Å². The molecule has 41 valence electrons. The fraction of sp³-hybridized carbons (Fsp3) is 0. The molecule has 1 aromatic carbocycles. The van der Waals surface area contributed by atoms with Gasteiger partial charge in [-0.1, -0.05) is 36.4 Å². The lowest BCUT2D eigenvalue weighted by Crippen LogP contribution is -1.47. The fourth-order valence-corrected chi connectivity index (χ4v) is 0.385. The number of benzene rings is 1. The zero-order valence-electron chi connectivity index (χ0n) is 4.75. The van der Waals surface area contributed by atoms with Gasteiger partial charge in [0.15, 0.2) is 0 Å². The minimum Gasteiger partial charge on any atom is -0.344 e. The molecule has 2 heteroatoms. The van der Waals surface area contributed by atoms with Crippen molar-refractivity contribution in [3.63, 3.8) is 0 Å². The van der Waals surface area contributed by atoms with Gasteiger partial charge in [-0.05, 0) is 0 Å². The zero-order chi connectivity index (χ0) is 4.24. The highest BCUT2D eigenvalue weighted by Crippen LogP contribution is 1.79. The summed E-state index contributed by atoms with van der Waals surface area (Å²) in [5, 5.41) is 0. The molecule has 0 fully saturated rings. The van der Waals surface area contributed by atoms with Gasteiger partial charge in [0.25, 0.3) is 0 Å². The summed E-state index contributed by atoms with van der Waals surface area (Å²) in [7, 11) is 0. The maximum Gasteiger partial charge on any atom is 0 e. The highest BCUT2D eigenvalue weighted by atomic mass is 14.0. The average molecular weight is 106 g/mol. The van der Waals surface area contributed by atoms with E-state index in [0.29, 0.717) is 0 Å². The highest BCUT2D eigenvalue weighted by Gasteiger charge is 1.57. The SMILES string of the molecule is N.[B].c1ccccc1. The molecular formula is C6H9BN. The molecule has 1 rings (SSSR count). The van der Waals surface area contributed by atoms with Gasteiger partial charge < -0.3 is 6.15 Å². The Hall–Kier alpha value is -0.755. The highest BCUT2D eigenvalue weighted by molar-refractivity contribution is 5.75. The Morgan fingerprint density at radius 2 is 0.625 bits per heavy atom. The molecule has 8 heavy (non-hydrogen) atoms. The standard InChI is InChI=1S/C6H6.B.H3N/c1-2-4-6-5-3-1;;/h1-6H;;1H3. The molecule has 3 radical (unpaired) electrons. The van der Waals surface area contributed by atoms with Gasteiger partial charge in [-0.25, -0.2) is 0 Å². The molecule has 3 N–H and O–H groups in total. The molecule has 0 saturated carbocycles. The lowest BCUT2D eigenvalue weighted by molar-refractivity contribution is 1.72. The van der Waals surface area contributed by atoms with Gasteiger partial charge in [-0.2, -0.15) is 0 Å². The Morgan fingerprint density at radius 1 is 0.500 bits per heavy atom. The quantitative estimate of drug-likeness (QED) is 0.499. The molecule has 0 unspecified atom stereocenters. The van der Waals surface area contributed by atoms with Gasteiger partial charge >= 0.3 is 0 Å².